The van der Waals surface area contributed by atoms with Crippen molar-refractivity contribution in [2.45, 2.75) is 20.4 Å². The molecule has 0 saturated carbocycles. The number of nitrogens with two attached hydrogens (primary N) is 1. The van der Waals surface area contributed by atoms with E-state index >= 15 is 0 Å². The van der Waals surface area contributed by atoms with E-state index in [4.69, 9.17) is 11.0 Å². The fourth-order valence-corrected chi connectivity index (χ4v) is 3.51. The van der Waals surface area contributed by atoms with Crippen LogP contribution in [0.2, 0.25) is 0 Å². The monoisotopic (exact) mass is 443 g/mol. The van der Waals surface area contributed by atoms with Crippen molar-refractivity contribution >= 4 is 28.4 Å². The van der Waals surface area contributed by atoms with Gasteiger partial charge in [-0.25, -0.2) is 14.4 Å². The first-order valence-corrected chi connectivity index (χ1v) is 9.88. The van der Waals surface area contributed by atoms with E-state index in [0.717, 1.165) is 6.07 Å². The first-order chi connectivity index (χ1) is 15.8. The molecule has 1 aromatic carbocycles. The number of benzene rings is 1. The molecule has 0 spiro atoms. The molecule has 0 unspecified atom stereocenters. The number of carbonyl (C=O) groups is 2. The molecule has 3 N–H and O–H groups in total. The number of rotatable bonds is 5. The number of nitrogens with zero attached hydrogens (tertiary/aromatic N) is 5. The van der Waals surface area contributed by atoms with Gasteiger partial charge in [-0.2, -0.15) is 10.4 Å². The molecular weight excluding hydrogens is 425 g/mol. The van der Waals surface area contributed by atoms with Crippen LogP contribution in [0.15, 0.2) is 42.5 Å². The molecule has 2 amide bonds. The van der Waals surface area contributed by atoms with E-state index < -0.39 is 17.6 Å². The highest BCUT2D eigenvalue weighted by Crippen LogP contribution is 2.24. The van der Waals surface area contributed by atoms with Crippen LogP contribution in [-0.4, -0.2) is 31.6 Å². The minimum Gasteiger partial charge on any atom is -0.364 e. The molecule has 0 atom stereocenters. The van der Waals surface area contributed by atoms with Crippen molar-refractivity contribution in [3.05, 3.63) is 82.3 Å². The Hall–Kier alpha value is -4.65. The number of halogens is 1. The van der Waals surface area contributed by atoms with Gasteiger partial charge >= 0.3 is 0 Å². The molecule has 0 aliphatic rings. The molecule has 4 aromatic rings. The maximum absolute atomic E-state index is 13.7. The van der Waals surface area contributed by atoms with Gasteiger partial charge in [-0.05, 0) is 44.2 Å². The van der Waals surface area contributed by atoms with E-state index in [9.17, 15) is 14.0 Å². The zero-order valence-corrected chi connectivity index (χ0v) is 17.8. The lowest BCUT2D eigenvalue weighted by atomic mass is 10.1. The number of pyridine rings is 2. The highest BCUT2D eigenvalue weighted by atomic mass is 19.1. The Kier molecular flexibility index (Phi) is 5.54. The Bertz CT molecular complexity index is 1470. The molecule has 0 fully saturated rings. The molecule has 164 valence electrons. The summed E-state index contributed by atoms with van der Waals surface area (Å²) < 4.78 is 15.4. The van der Waals surface area contributed by atoms with E-state index in [2.05, 4.69) is 20.4 Å². The second kappa shape index (κ2) is 8.47. The number of amides is 2. The maximum Gasteiger partial charge on any atom is 0.267 e. The van der Waals surface area contributed by atoms with E-state index in [-0.39, 0.29) is 16.8 Å². The van der Waals surface area contributed by atoms with Gasteiger partial charge in [0.15, 0.2) is 0 Å². The van der Waals surface area contributed by atoms with Crippen molar-refractivity contribution < 1.29 is 14.0 Å². The molecule has 3 heterocycles. The summed E-state index contributed by atoms with van der Waals surface area (Å²) in [5.41, 5.74) is 8.14. The SMILES string of the molecule is Cc1nn(Cc2cccc(C#N)n2)c(C)c1NC(=O)c1cc(C(N)=O)nc2cc(F)ccc12. The average Bonchev–Trinajstić information content (AvgIpc) is 3.05. The number of hydrogen-bond donors (Lipinski definition) is 2. The smallest absolute Gasteiger partial charge is 0.267 e. The van der Waals surface area contributed by atoms with Gasteiger partial charge in [0, 0.05) is 11.5 Å². The molecule has 33 heavy (non-hydrogen) atoms. The number of fused-ring (bicyclic) bond motifs is 1. The Morgan fingerprint density at radius 1 is 1.18 bits per heavy atom. The van der Waals surface area contributed by atoms with Gasteiger partial charge in [0.25, 0.3) is 11.8 Å². The second-order valence-corrected chi connectivity index (χ2v) is 7.36. The Morgan fingerprint density at radius 2 is 1.97 bits per heavy atom. The van der Waals surface area contributed by atoms with Crippen LogP contribution >= 0.6 is 0 Å². The van der Waals surface area contributed by atoms with Crippen LogP contribution in [0.5, 0.6) is 0 Å². The minimum atomic E-state index is -0.831. The average molecular weight is 443 g/mol. The van der Waals surface area contributed by atoms with Gasteiger partial charge in [0.1, 0.15) is 23.3 Å². The normalized spacial score (nSPS) is 10.7. The molecule has 0 radical (unpaired) electrons. The standard InChI is InChI=1S/C23H18FN7O2/c1-12-21(13(2)31(30-12)11-16-5-3-4-15(10-25)27-16)29-23(33)18-9-20(22(26)32)28-19-8-14(24)6-7-17(18)19/h3-9H,11H2,1-2H3,(H2,26,32)(H,29,33). The van der Waals surface area contributed by atoms with E-state index in [1.54, 1.807) is 36.7 Å². The number of nitrogens with one attached hydrogen (secondary N) is 1. The molecular formula is C23H18FN7O2. The molecule has 9 nitrogen and oxygen atoms in total. The lowest BCUT2D eigenvalue weighted by molar-refractivity contribution is 0.0996. The molecule has 10 heteroatoms. The van der Waals surface area contributed by atoms with Gasteiger partial charge in [-0.3, -0.25) is 14.3 Å². The van der Waals surface area contributed by atoms with Crippen LogP contribution in [0, 0.1) is 31.0 Å². The maximum atomic E-state index is 13.7. The summed E-state index contributed by atoms with van der Waals surface area (Å²) in [6.07, 6.45) is 0. The van der Waals surface area contributed by atoms with Crippen LogP contribution in [-0.2, 0) is 6.54 Å². The van der Waals surface area contributed by atoms with Crippen molar-refractivity contribution in [3.8, 4) is 6.07 Å². The van der Waals surface area contributed by atoms with Crippen LogP contribution < -0.4 is 11.1 Å². The molecule has 0 aliphatic carbocycles. The number of hydrogen-bond acceptors (Lipinski definition) is 6. The fraction of sp³-hybridized carbons (Fsp3) is 0.130. The lowest BCUT2D eigenvalue weighted by Crippen LogP contribution is -2.18. The van der Waals surface area contributed by atoms with Crippen molar-refractivity contribution in [1.82, 2.24) is 19.7 Å². The fourth-order valence-electron chi connectivity index (χ4n) is 3.51. The summed E-state index contributed by atoms with van der Waals surface area (Å²) in [6, 6.07) is 12.2. The van der Waals surface area contributed by atoms with Crippen molar-refractivity contribution in [1.29, 1.82) is 5.26 Å². The number of anilines is 1. The molecule has 3 aromatic heterocycles. The van der Waals surface area contributed by atoms with Crippen LogP contribution in [0.4, 0.5) is 10.1 Å². The number of aromatic nitrogens is 4. The van der Waals surface area contributed by atoms with Crippen LogP contribution in [0.3, 0.4) is 0 Å². The first kappa shape index (κ1) is 21.6. The topological polar surface area (TPSA) is 140 Å². The highest BCUT2D eigenvalue weighted by molar-refractivity contribution is 6.14. The summed E-state index contributed by atoms with van der Waals surface area (Å²) in [5.74, 6) is -1.90. The zero-order valence-electron chi connectivity index (χ0n) is 17.8. The summed E-state index contributed by atoms with van der Waals surface area (Å²) >= 11 is 0. The van der Waals surface area contributed by atoms with E-state index in [0.29, 0.717) is 40.4 Å². The highest BCUT2D eigenvalue weighted by Gasteiger charge is 2.20. The predicted molar refractivity (Wildman–Crippen MR) is 118 cm³/mol. The van der Waals surface area contributed by atoms with Crippen molar-refractivity contribution in [2.24, 2.45) is 5.73 Å². The summed E-state index contributed by atoms with van der Waals surface area (Å²) in [4.78, 5) is 33.2. The molecule has 0 bridgehead atoms. The third-order valence-electron chi connectivity index (χ3n) is 5.12. The van der Waals surface area contributed by atoms with Gasteiger partial charge in [0.05, 0.1) is 40.4 Å². The third kappa shape index (κ3) is 4.24. The first-order valence-electron chi connectivity index (χ1n) is 9.88. The second-order valence-electron chi connectivity index (χ2n) is 7.36. The van der Waals surface area contributed by atoms with Crippen molar-refractivity contribution in [3.63, 3.8) is 0 Å². The number of aryl methyl sites for hydroxylation is 1. The third-order valence-corrected chi connectivity index (χ3v) is 5.12. The molecule has 0 aliphatic heterocycles. The van der Waals surface area contributed by atoms with Gasteiger partial charge < -0.3 is 11.1 Å². The predicted octanol–water partition coefficient (Wildman–Crippen LogP) is 2.85. The van der Waals surface area contributed by atoms with Crippen LogP contribution in [0.1, 0.15) is 43.6 Å². The Morgan fingerprint density at radius 3 is 2.70 bits per heavy atom. The van der Waals surface area contributed by atoms with Crippen LogP contribution in [0.25, 0.3) is 10.9 Å². The molecule has 4 rings (SSSR count). The summed E-state index contributed by atoms with van der Waals surface area (Å²) in [5, 5.41) is 16.7. The quantitative estimate of drug-likeness (QED) is 0.486. The lowest BCUT2D eigenvalue weighted by Gasteiger charge is -2.10. The zero-order chi connectivity index (χ0) is 23.7. The Labute approximate surface area is 187 Å². The number of carbonyl (C=O) groups excluding carboxylic acids is 2. The van der Waals surface area contributed by atoms with Gasteiger partial charge in [-0.1, -0.05) is 6.07 Å². The van der Waals surface area contributed by atoms with Crippen molar-refractivity contribution in [2.75, 3.05) is 5.32 Å². The van der Waals surface area contributed by atoms with Gasteiger partial charge in [0.2, 0.25) is 0 Å². The van der Waals surface area contributed by atoms with Gasteiger partial charge in [-0.15, -0.1) is 0 Å². The van der Waals surface area contributed by atoms with E-state index in [1.807, 2.05) is 6.07 Å². The molecule has 0 saturated heterocycles. The largest absolute Gasteiger partial charge is 0.364 e. The summed E-state index contributed by atoms with van der Waals surface area (Å²) in [6.45, 7) is 3.84. The summed E-state index contributed by atoms with van der Waals surface area (Å²) in [7, 11) is 0. The Balaban J connectivity index is 1.69. The number of primary amides is 1. The minimum absolute atomic E-state index is 0.128. The van der Waals surface area contributed by atoms with E-state index in [1.165, 1.54) is 18.2 Å². The number of nitriles is 1.